The molecule has 1 fully saturated rings. The van der Waals surface area contributed by atoms with Gasteiger partial charge in [-0.15, -0.1) is 0 Å². The van der Waals surface area contributed by atoms with Crippen LogP contribution in [0.2, 0.25) is 0 Å². The van der Waals surface area contributed by atoms with Gasteiger partial charge in [0.25, 0.3) is 0 Å². The molecule has 5 atom stereocenters. The highest BCUT2D eigenvalue weighted by atomic mass is 16.4. The molecular formula is C18H28N2O5. The van der Waals surface area contributed by atoms with Crippen molar-refractivity contribution in [3.05, 3.63) is 35.9 Å². The van der Waals surface area contributed by atoms with Crippen molar-refractivity contribution >= 4 is 5.91 Å². The van der Waals surface area contributed by atoms with Gasteiger partial charge in [0.1, 0.15) is 24.4 Å². The summed E-state index contributed by atoms with van der Waals surface area (Å²) in [5.41, 5.74) is 1.15. The van der Waals surface area contributed by atoms with Gasteiger partial charge in [0.2, 0.25) is 5.91 Å². The highest BCUT2D eigenvalue weighted by Crippen LogP contribution is 2.25. The van der Waals surface area contributed by atoms with E-state index in [-0.39, 0.29) is 0 Å². The van der Waals surface area contributed by atoms with Crippen LogP contribution >= 0.6 is 0 Å². The molecule has 0 unspecified atom stereocenters. The minimum absolute atomic E-state index is 0.391. The fraction of sp³-hybridized carbons (Fsp3) is 0.611. The van der Waals surface area contributed by atoms with Crippen LogP contribution in [0.4, 0.5) is 0 Å². The van der Waals surface area contributed by atoms with Crippen molar-refractivity contribution in [3.8, 4) is 0 Å². The molecule has 5 N–H and O–H groups in total. The van der Waals surface area contributed by atoms with Crippen LogP contribution in [0.15, 0.2) is 30.3 Å². The van der Waals surface area contributed by atoms with Gasteiger partial charge in [0.05, 0.1) is 12.6 Å². The molecule has 25 heavy (non-hydrogen) atoms. The highest BCUT2D eigenvalue weighted by molar-refractivity contribution is 5.82. The van der Waals surface area contributed by atoms with E-state index in [1.54, 1.807) is 11.8 Å². The molecule has 2 rings (SSSR count). The molecular weight excluding hydrogens is 324 g/mol. The summed E-state index contributed by atoms with van der Waals surface area (Å²) in [4.78, 5) is 14.0. The first kappa shape index (κ1) is 19.8. The molecule has 1 amide bonds. The van der Waals surface area contributed by atoms with Crippen LogP contribution in [0, 0.1) is 0 Å². The third kappa shape index (κ3) is 4.56. The molecule has 0 aliphatic carbocycles. The number of aliphatic hydroxyl groups excluding tert-OH is 4. The summed E-state index contributed by atoms with van der Waals surface area (Å²) in [7, 11) is 0. The Morgan fingerprint density at radius 2 is 1.80 bits per heavy atom. The maximum atomic E-state index is 12.4. The van der Waals surface area contributed by atoms with Crippen LogP contribution in [0.3, 0.4) is 0 Å². The lowest BCUT2D eigenvalue weighted by atomic mass is 9.87. The van der Waals surface area contributed by atoms with E-state index in [4.69, 9.17) is 0 Å². The van der Waals surface area contributed by atoms with E-state index in [0.29, 0.717) is 19.5 Å². The second kappa shape index (κ2) is 9.26. The molecule has 1 heterocycles. The van der Waals surface area contributed by atoms with Crippen LogP contribution in [-0.2, 0) is 11.2 Å². The lowest BCUT2D eigenvalue weighted by Gasteiger charge is -2.47. The van der Waals surface area contributed by atoms with Gasteiger partial charge in [-0.05, 0) is 31.9 Å². The zero-order chi connectivity index (χ0) is 18.4. The average Bonchev–Trinajstić information content (AvgIpc) is 2.61. The number of hydrogen-bond donors (Lipinski definition) is 5. The standard InChI is InChI=1S/C18H28N2O5/c1-2-19-18(25)14-16(23)17(24)15(22)13(11-21)20(14)10-6-9-12-7-4-3-5-8-12/h3-5,7-8,13-17,21-24H,2,6,9-11H2,1H3,(H,19,25)/t13-,14+,15-,16-,17+/m1/s1. The highest BCUT2D eigenvalue weighted by Gasteiger charge is 2.49. The minimum atomic E-state index is -1.48. The van der Waals surface area contributed by atoms with Crippen molar-refractivity contribution < 1.29 is 25.2 Å². The Morgan fingerprint density at radius 1 is 1.12 bits per heavy atom. The molecule has 1 saturated heterocycles. The van der Waals surface area contributed by atoms with E-state index in [1.807, 2.05) is 30.3 Å². The Morgan fingerprint density at radius 3 is 2.40 bits per heavy atom. The molecule has 1 aliphatic rings. The number of piperidine rings is 1. The summed E-state index contributed by atoms with van der Waals surface area (Å²) in [6.45, 7) is 2.15. The van der Waals surface area contributed by atoms with Gasteiger partial charge in [-0.2, -0.15) is 0 Å². The monoisotopic (exact) mass is 352 g/mol. The number of aliphatic hydroxyl groups is 4. The zero-order valence-corrected chi connectivity index (χ0v) is 14.5. The van der Waals surface area contributed by atoms with Gasteiger partial charge >= 0.3 is 0 Å². The van der Waals surface area contributed by atoms with E-state index < -0.39 is 42.9 Å². The number of carbonyl (C=O) groups excluding carboxylic acids is 1. The number of aryl methyl sites for hydroxylation is 1. The fourth-order valence-corrected chi connectivity index (χ4v) is 3.43. The number of benzene rings is 1. The number of hydrogen-bond acceptors (Lipinski definition) is 6. The third-order valence-electron chi connectivity index (χ3n) is 4.73. The molecule has 0 aromatic heterocycles. The molecule has 0 bridgehead atoms. The summed E-state index contributed by atoms with van der Waals surface area (Å²) in [6.07, 6.45) is -2.75. The Labute approximate surface area is 147 Å². The zero-order valence-electron chi connectivity index (χ0n) is 14.5. The largest absolute Gasteiger partial charge is 0.395 e. The van der Waals surface area contributed by atoms with Crippen molar-refractivity contribution in [2.24, 2.45) is 0 Å². The van der Waals surface area contributed by atoms with Gasteiger partial charge < -0.3 is 25.7 Å². The van der Waals surface area contributed by atoms with Crippen molar-refractivity contribution in [2.75, 3.05) is 19.7 Å². The van der Waals surface area contributed by atoms with Gasteiger partial charge in [0.15, 0.2) is 0 Å². The fourth-order valence-electron chi connectivity index (χ4n) is 3.43. The molecule has 0 spiro atoms. The lowest BCUT2D eigenvalue weighted by molar-refractivity contribution is -0.178. The van der Waals surface area contributed by atoms with Crippen LogP contribution < -0.4 is 5.32 Å². The molecule has 1 aromatic carbocycles. The number of nitrogens with one attached hydrogen (secondary N) is 1. The van der Waals surface area contributed by atoms with Crippen LogP contribution in [-0.4, -0.2) is 81.3 Å². The molecule has 140 valence electrons. The maximum absolute atomic E-state index is 12.4. The van der Waals surface area contributed by atoms with E-state index >= 15 is 0 Å². The molecule has 7 nitrogen and oxygen atoms in total. The molecule has 7 heteroatoms. The van der Waals surface area contributed by atoms with Gasteiger partial charge in [0, 0.05) is 6.54 Å². The summed E-state index contributed by atoms with van der Waals surface area (Å²) in [5, 5.41) is 42.8. The maximum Gasteiger partial charge on any atom is 0.240 e. The topological polar surface area (TPSA) is 113 Å². The smallest absolute Gasteiger partial charge is 0.240 e. The summed E-state index contributed by atoms with van der Waals surface area (Å²) in [6, 6.07) is 8.05. The van der Waals surface area contributed by atoms with E-state index in [9.17, 15) is 25.2 Å². The summed E-state index contributed by atoms with van der Waals surface area (Å²) < 4.78 is 0. The Balaban J connectivity index is 2.13. The van der Waals surface area contributed by atoms with Crippen molar-refractivity contribution in [1.82, 2.24) is 10.2 Å². The number of likely N-dealkylation sites (tertiary alicyclic amines) is 1. The van der Waals surface area contributed by atoms with Crippen molar-refractivity contribution in [1.29, 1.82) is 0 Å². The van der Waals surface area contributed by atoms with Crippen LogP contribution in [0.5, 0.6) is 0 Å². The number of nitrogens with zero attached hydrogens (tertiary/aromatic N) is 1. The first-order valence-electron chi connectivity index (χ1n) is 8.73. The SMILES string of the molecule is CCNC(=O)[C@@H]1[C@@H](O)[C@@H](O)[C@H](O)[C@@H](CO)N1CCCc1ccccc1. The first-order valence-corrected chi connectivity index (χ1v) is 8.73. The second-order valence-corrected chi connectivity index (χ2v) is 6.39. The van der Waals surface area contributed by atoms with Crippen LogP contribution in [0.25, 0.3) is 0 Å². The van der Waals surface area contributed by atoms with Gasteiger partial charge in [-0.3, -0.25) is 9.69 Å². The predicted molar refractivity (Wildman–Crippen MR) is 92.8 cm³/mol. The number of amides is 1. The molecule has 1 aliphatic heterocycles. The quantitative estimate of drug-likeness (QED) is 0.425. The van der Waals surface area contributed by atoms with E-state index in [2.05, 4.69) is 5.32 Å². The summed E-state index contributed by atoms with van der Waals surface area (Å²) >= 11 is 0. The summed E-state index contributed by atoms with van der Waals surface area (Å²) in [5.74, 6) is -0.417. The molecule has 1 aromatic rings. The Bertz CT molecular complexity index is 542. The average molecular weight is 352 g/mol. The van der Waals surface area contributed by atoms with E-state index in [0.717, 1.165) is 12.0 Å². The molecule has 0 saturated carbocycles. The number of likely N-dealkylation sites (N-methyl/N-ethyl adjacent to an activating group) is 1. The second-order valence-electron chi connectivity index (χ2n) is 6.39. The first-order chi connectivity index (χ1) is 12.0. The Kier molecular flexibility index (Phi) is 7.34. The lowest BCUT2D eigenvalue weighted by Crippen LogP contribution is -2.70. The van der Waals surface area contributed by atoms with Crippen molar-refractivity contribution in [2.45, 2.75) is 50.2 Å². The van der Waals surface area contributed by atoms with Gasteiger partial charge in [-0.1, -0.05) is 30.3 Å². The minimum Gasteiger partial charge on any atom is -0.395 e. The third-order valence-corrected chi connectivity index (χ3v) is 4.73. The normalized spacial score (nSPS) is 30.2. The number of rotatable bonds is 7. The van der Waals surface area contributed by atoms with E-state index in [1.165, 1.54) is 0 Å². The number of carbonyl (C=O) groups is 1. The van der Waals surface area contributed by atoms with Gasteiger partial charge in [-0.25, -0.2) is 0 Å². The van der Waals surface area contributed by atoms with Crippen LogP contribution in [0.1, 0.15) is 18.9 Å². The van der Waals surface area contributed by atoms with Crippen molar-refractivity contribution in [3.63, 3.8) is 0 Å². The molecule has 0 radical (unpaired) electrons. The Hall–Kier alpha value is -1.51. The predicted octanol–water partition coefficient (Wildman–Crippen LogP) is -1.12.